The number of hydrogen-bond donors (Lipinski definition) is 0. The number of sulfonamides is 1. The molecule has 2 aliphatic heterocycles. The molecular weight excluding hydrogens is 493 g/mol. The van der Waals surface area contributed by atoms with Crippen LogP contribution in [0.5, 0.6) is 5.75 Å². The molecule has 2 heterocycles. The van der Waals surface area contributed by atoms with Crippen LogP contribution in [0.25, 0.3) is 0 Å². The topological polar surface area (TPSA) is 76.0 Å². The second-order valence-electron chi connectivity index (χ2n) is 8.93. The van der Waals surface area contributed by atoms with Crippen molar-refractivity contribution in [2.45, 2.75) is 30.0 Å². The molecule has 0 saturated carbocycles. The number of amides is 1. The van der Waals surface area contributed by atoms with Crippen LogP contribution in [-0.4, -0.2) is 33.3 Å². The zero-order chi connectivity index (χ0) is 25.9. The van der Waals surface area contributed by atoms with E-state index in [1.807, 2.05) is 0 Å². The largest absolute Gasteiger partial charge is 0.497 e. The van der Waals surface area contributed by atoms with Crippen molar-refractivity contribution in [1.82, 2.24) is 0 Å². The van der Waals surface area contributed by atoms with E-state index in [9.17, 15) is 26.4 Å². The van der Waals surface area contributed by atoms with Gasteiger partial charge in [-0.3, -0.25) is 9.79 Å². The Balaban J connectivity index is 1.74. The van der Waals surface area contributed by atoms with E-state index in [0.29, 0.717) is 21.3 Å². The molecule has 2 atom stereocenters. The maximum absolute atomic E-state index is 14.0. The lowest BCUT2D eigenvalue weighted by molar-refractivity contribution is -0.169. The Morgan fingerprint density at radius 1 is 0.944 bits per heavy atom. The SMILES string of the molecule is COc1ccc(S(=O)(=O)N2C(=O)[C@@](C)(CC(F)(F)F)[C@]3(N=C3c3ccccc3)c3ccccc32)cc1. The van der Waals surface area contributed by atoms with Crippen molar-refractivity contribution < 1.29 is 31.1 Å². The second kappa shape index (κ2) is 7.92. The number of aliphatic imine (C=N–C) groups is 1. The van der Waals surface area contributed by atoms with E-state index in [0.717, 1.165) is 6.92 Å². The first kappa shape index (κ1) is 24.1. The van der Waals surface area contributed by atoms with Crippen molar-refractivity contribution in [2.24, 2.45) is 10.4 Å². The molecule has 6 nitrogen and oxygen atoms in total. The molecule has 0 radical (unpaired) electrons. The van der Waals surface area contributed by atoms with E-state index in [1.54, 1.807) is 36.4 Å². The van der Waals surface area contributed by atoms with Crippen LogP contribution in [0, 0.1) is 5.41 Å². The second-order valence-corrected chi connectivity index (χ2v) is 10.7. The Labute approximate surface area is 206 Å². The molecule has 0 N–H and O–H groups in total. The summed E-state index contributed by atoms with van der Waals surface area (Å²) in [4.78, 5) is 18.3. The minimum Gasteiger partial charge on any atom is -0.497 e. The minimum atomic E-state index is -4.76. The number of anilines is 1. The molecule has 1 spiro atoms. The lowest BCUT2D eigenvalue weighted by Crippen LogP contribution is -2.58. The smallest absolute Gasteiger partial charge is 0.390 e. The van der Waals surface area contributed by atoms with Crippen LogP contribution in [0.15, 0.2) is 88.8 Å². The van der Waals surface area contributed by atoms with Crippen molar-refractivity contribution in [3.05, 3.63) is 90.0 Å². The Hall–Kier alpha value is -3.66. The monoisotopic (exact) mass is 514 g/mol. The summed E-state index contributed by atoms with van der Waals surface area (Å²) >= 11 is 0. The highest BCUT2D eigenvalue weighted by Gasteiger charge is 2.72. The van der Waals surface area contributed by atoms with E-state index >= 15 is 0 Å². The Morgan fingerprint density at radius 2 is 1.56 bits per heavy atom. The Bertz CT molecular complexity index is 1490. The van der Waals surface area contributed by atoms with Gasteiger partial charge in [0.25, 0.3) is 15.9 Å². The molecule has 0 aromatic heterocycles. The molecule has 186 valence electrons. The highest BCUT2D eigenvalue weighted by Crippen LogP contribution is 2.64. The van der Waals surface area contributed by atoms with Crippen LogP contribution in [-0.2, 0) is 20.4 Å². The van der Waals surface area contributed by atoms with Gasteiger partial charge in [0, 0.05) is 5.56 Å². The average Bonchev–Trinajstić information content (AvgIpc) is 3.60. The highest BCUT2D eigenvalue weighted by molar-refractivity contribution is 7.93. The van der Waals surface area contributed by atoms with Crippen molar-refractivity contribution >= 4 is 27.3 Å². The van der Waals surface area contributed by atoms with E-state index in [1.165, 1.54) is 49.6 Å². The number of rotatable bonds is 5. The fourth-order valence-corrected chi connectivity index (χ4v) is 6.55. The molecule has 2 aliphatic rings. The van der Waals surface area contributed by atoms with Crippen molar-refractivity contribution in [3.63, 3.8) is 0 Å². The first-order valence-corrected chi connectivity index (χ1v) is 12.5. The van der Waals surface area contributed by atoms with Gasteiger partial charge >= 0.3 is 6.18 Å². The summed E-state index contributed by atoms with van der Waals surface area (Å²) in [5, 5.41) is 0. The van der Waals surface area contributed by atoms with E-state index in [2.05, 4.69) is 4.99 Å². The molecule has 0 fully saturated rings. The molecule has 1 amide bonds. The third-order valence-corrected chi connectivity index (χ3v) is 8.45. The predicted molar refractivity (Wildman–Crippen MR) is 128 cm³/mol. The van der Waals surface area contributed by atoms with Crippen molar-refractivity contribution in [2.75, 3.05) is 11.4 Å². The number of methoxy groups -OCH3 is 1. The molecule has 3 aromatic rings. The van der Waals surface area contributed by atoms with E-state index in [-0.39, 0.29) is 16.1 Å². The number of carbonyl (C=O) groups excluding carboxylic acids is 1. The molecule has 10 heteroatoms. The molecule has 0 saturated heterocycles. The fourth-order valence-electron chi connectivity index (χ4n) is 5.02. The van der Waals surface area contributed by atoms with Crippen LogP contribution in [0.1, 0.15) is 24.5 Å². The Kier molecular flexibility index (Phi) is 5.29. The maximum atomic E-state index is 14.0. The zero-order valence-corrected chi connectivity index (χ0v) is 20.1. The third-order valence-electron chi connectivity index (χ3n) is 6.74. The van der Waals surface area contributed by atoms with Crippen molar-refractivity contribution in [1.29, 1.82) is 0 Å². The molecule has 5 rings (SSSR count). The van der Waals surface area contributed by atoms with Gasteiger partial charge < -0.3 is 4.74 Å². The third kappa shape index (κ3) is 3.42. The van der Waals surface area contributed by atoms with Gasteiger partial charge in [0.05, 0.1) is 35.2 Å². The Morgan fingerprint density at radius 3 is 2.17 bits per heavy atom. The molecule has 3 aromatic carbocycles. The summed E-state index contributed by atoms with van der Waals surface area (Å²) in [5.74, 6) is -0.803. The summed E-state index contributed by atoms with van der Waals surface area (Å²) in [5.41, 5.74) is -2.80. The summed E-state index contributed by atoms with van der Waals surface area (Å²) in [6.07, 6.45) is -6.32. The lowest BCUT2D eigenvalue weighted by Gasteiger charge is -2.45. The zero-order valence-electron chi connectivity index (χ0n) is 19.3. The number of carbonyl (C=O) groups is 1. The number of ether oxygens (including phenoxy) is 1. The van der Waals surface area contributed by atoms with Crippen molar-refractivity contribution in [3.8, 4) is 5.75 Å². The summed E-state index contributed by atoms with van der Waals surface area (Å²) in [7, 11) is -3.16. The number of fused-ring (bicyclic) bond motifs is 2. The maximum Gasteiger partial charge on any atom is 0.390 e. The van der Waals surface area contributed by atoms with E-state index < -0.39 is 39.5 Å². The predicted octanol–water partition coefficient (Wildman–Crippen LogP) is 5.09. The first-order chi connectivity index (χ1) is 17.0. The standard InChI is InChI=1S/C26H21F3N2O4S/c1-24(16-25(27,28)29)23(32)31(36(33,34)19-14-12-18(35-2)13-15-19)21-11-7-6-10-20(21)26(24)22(30-26)17-8-4-3-5-9-17/h3-15H,16H2,1-2H3/t24-,26+/m1/s1. The van der Waals surface area contributed by atoms with Gasteiger partial charge in [-0.2, -0.15) is 13.2 Å². The fraction of sp³-hybridized carbons (Fsp3) is 0.231. The van der Waals surface area contributed by atoms with Crippen LogP contribution >= 0.6 is 0 Å². The average molecular weight is 515 g/mol. The number of nitrogens with zero attached hydrogens (tertiary/aromatic N) is 2. The first-order valence-electron chi connectivity index (χ1n) is 11.0. The summed E-state index contributed by atoms with van der Waals surface area (Å²) < 4.78 is 75.0. The molecule has 36 heavy (non-hydrogen) atoms. The molecule has 0 aliphatic carbocycles. The quantitative estimate of drug-likeness (QED) is 0.476. The van der Waals surface area contributed by atoms with Crippen LogP contribution in [0.4, 0.5) is 18.9 Å². The number of alkyl halides is 3. The van der Waals surface area contributed by atoms with Gasteiger partial charge in [-0.05, 0) is 42.8 Å². The van der Waals surface area contributed by atoms with E-state index in [4.69, 9.17) is 4.74 Å². The van der Waals surface area contributed by atoms with Crippen LogP contribution in [0.2, 0.25) is 0 Å². The van der Waals surface area contributed by atoms with Gasteiger partial charge in [-0.25, -0.2) is 12.7 Å². The number of benzene rings is 3. The number of para-hydroxylation sites is 1. The minimum absolute atomic E-state index is 0.0207. The van der Waals surface area contributed by atoms with Gasteiger partial charge in [-0.15, -0.1) is 0 Å². The number of hydrogen-bond acceptors (Lipinski definition) is 5. The van der Waals surface area contributed by atoms with Crippen LogP contribution in [0.3, 0.4) is 0 Å². The lowest BCUT2D eigenvalue weighted by atomic mass is 9.63. The summed E-state index contributed by atoms with van der Waals surface area (Å²) in [6.45, 7) is 1.15. The van der Waals surface area contributed by atoms with Gasteiger partial charge in [0.1, 0.15) is 11.3 Å². The van der Waals surface area contributed by atoms with Gasteiger partial charge in [-0.1, -0.05) is 48.5 Å². The molecule has 0 bridgehead atoms. The highest BCUT2D eigenvalue weighted by atomic mass is 32.2. The number of halogens is 3. The molecule has 0 unspecified atom stereocenters. The molecular formula is C26H21F3N2O4S. The van der Waals surface area contributed by atoms with Gasteiger partial charge in [0.2, 0.25) is 0 Å². The summed E-state index contributed by atoms with van der Waals surface area (Å²) in [6, 6.07) is 20.0. The van der Waals surface area contributed by atoms with Crippen LogP contribution < -0.4 is 9.04 Å². The van der Waals surface area contributed by atoms with Gasteiger partial charge in [0.15, 0.2) is 0 Å². The normalized spacial score (nSPS) is 23.3.